The predicted octanol–water partition coefficient (Wildman–Crippen LogP) is 3.96. The zero-order chi connectivity index (χ0) is 44.5. The molecule has 0 radical (unpaired) electrons. The number of amidine groups is 1. The van der Waals surface area contributed by atoms with E-state index in [0.29, 0.717) is 87.3 Å². The largest absolute Gasteiger partial charge is 0.492 e. The maximum absolute atomic E-state index is 13.8. The van der Waals surface area contributed by atoms with E-state index in [0.717, 1.165) is 35.6 Å². The topological polar surface area (TPSA) is 272 Å². The highest BCUT2D eigenvalue weighted by Crippen LogP contribution is 2.23. The lowest BCUT2D eigenvalue weighted by atomic mass is 10.0. The van der Waals surface area contributed by atoms with Crippen LogP contribution in [0, 0.1) is 5.41 Å². The van der Waals surface area contributed by atoms with Crippen LogP contribution in [0.25, 0.3) is 10.8 Å². The van der Waals surface area contributed by atoms with Gasteiger partial charge in [-0.25, -0.2) is 9.59 Å². The van der Waals surface area contributed by atoms with Gasteiger partial charge in [-0.3, -0.25) is 15.0 Å². The maximum atomic E-state index is 13.8. The molecule has 0 aliphatic rings. The number of carbonyl (C=O) groups excluding carboxylic acids is 4. The van der Waals surface area contributed by atoms with Crippen molar-refractivity contribution in [2.75, 3.05) is 39.3 Å². The molecule has 0 bridgehead atoms. The number of carbonyl (C=O) groups is 4. The summed E-state index contributed by atoms with van der Waals surface area (Å²) in [6, 6.07) is 24.6. The first kappa shape index (κ1) is 48.6. The Morgan fingerprint density at radius 3 is 1.94 bits per heavy atom. The van der Waals surface area contributed by atoms with E-state index in [4.69, 9.17) is 42.6 Å². The molecule has 13 N–H and O–H groups in total. The molecule has 16 nitrogen and oxygen atoms in total. The molecule has 0 heterocycles. The van der Waals surface area contributed by atoms with Gasteiger partial charge in [-0.05, 0) is 123 Å². The lowest BCUT2D eigenvalue weighted by Crippen LogP contribution is -2.55. The van der Waals surface area contributed by atoms with Crippen LogP contribution in [-0.4, -0.2) is 87.2 Å². The van der Waals surface area contributed by atoms with E-state index in [2.05, 4.69) is 21.3 Å². The zero-order valence-electron chi connectivity index (χ0n) is 35.4. The summed E-state index contributed by atoms with van der Waals surface area (Å²) in [6.45, 7) is 2.18. The SMILES string of the molecule is N=C(N)c1ccc2cc(OC(=O)c3ccc(OCCNC(=O)[C@H](CCCCN)NC(=O)[C@H](CCCCN)NC[C@H](CCCCN)NC(=O)OCc4ccccc4)cc3)ccc2c1. The summed E-state index contributed by atoms with van der Waals surface area (Å²) in [5, 5.41) is 21.4. The number of hydrogen-bond donors (Lipinski definition) is 9. The third-order valence-corrected chi connectivity index (χ3v) is 10.1. The van der Waals surface area contributed by atoms with Crippen molar-refractivity contribution in [3.8, 4) is 11.5 Å². The number of ether oxygens (including phenoxy) is 3. The number of esters is 1. The molecule has 0 aliphatic heterocycles. The van der Waals surface area contributed by atoms with Gasteiger partial charge in [0, 0.05) is 18.2 Å². The number of amides is 3. The number of nitrogens with one attached hydrogen (secondary N) is 5. The second-order valence-electron chi connectivity index (χ2n) is 15.0. The van der Waals surface area contributed by atoms with Crippen molar-refractivity contribution in [3.05, 3.63) is 108 Å². The molecule has 3 atom stereocenters. The van der Waals surface area contributed by atoms with Crippen molar-refractivity contribution in [3.63, 3.8) is 0 Å². The molecular formula is C46H63N9O7. The average Bonchev–Trinajstić information content (AvgIpc) is 3.28. The van der Waals surface area contributed by atoms with Gasteiger partial charge in [0.05, 0.1) is 18.2 Å². The predicted molar refractivity (Wildman–Crippen MR) is 241 cm³/mol. The van der Waals surface area contributed by atoms with E-state index >= 15 is 0 Å². The van der Waals surface area contributed by atoms with E-state index in [1.54, 1.807) is 54.6 Å². The molecule has 0 unspecified atom stereocenters. The molecule has 0 fully saturated rings. The van der Waals surface area contributed by atoms with Gasteiger partial charge in [0.15, 0.2) is 0 Å². The Bertz CT molecular complexity index is 2020. The van der Waals surface area contributed by atoms with Gasteiger partial charge in [0.25, 0.3) is 0 Å². The Morgan fingerprint density at radius 2 is 1.26 bits per heavy atom. The summed E-state index contributed by atoms with van der Waals surface area (Å²) in [7, 11) is 0. The van der Waals surface area contributed by atoms with Crippen LogP contribution in [-0.2, 0) is 20.9 Å². The van der Waals surface area contributed by atoms with E-state index in [-0.39, 0.29) is 43.5 Å². The monoisotopic (exact) mass is 853 g/mol. The molecule has 4 aromatic rings. The van der Waals surface area contributed by atoms with Crippen molar-refractivity contribution in [2.45, 2.75) is 82.5 Å². The van der Waals surface area contributed by atoms with Crippen LogP contribution in [0.4, 0.5) is 4.79 Å². The number of rotatable bonds is 28. The van der Waals surface area contributed by atoms with Gasteiger partial charge in [-0.15, -0.1) is 0 Å². The van der Waals surface area contributed by atoms with Crippen LogP contribution in [0.15, 0.2) is 91.0 Å². The molecular weight excluding hydrogens is 791 g/mol. The van der Waals surface area contributed by atoms with Gasteiger partial charge in [-0.2, -0.15) is 0 Å². The Morgan fingerprint density at radius 1 is 0.645 bits per heavy atom. The molecule has 4 aromatic carbocycles. The number of benzene rings is 4. The summed E-state index contributed by atoms with van der Waals surface area (Å²) in [6.07, 6.45) is 5.22. The lowest BCUT2D eigenvalue weighted by molar-refractivity contribution is -0.130. The van der Waals surface area contributed by atoms with Crippen molar-refractivity contribution in [2.24, 2.45) is 22.9 Å². The average molecular weight is 854 g/mol. The van der Waals surface area contributed by atoms with Crippen LogP contribution in [0.5, 0.6) is 11.5 Å². The summed E-state index contributed by atoms with van der Waals surface area (Å²) < 4.78 is 16.9. The highest BCUT2D eigenvalue weighted by molar-refractivity contribution is 5.99. The fourth-order valence-corrected chi connectivity index (χ4v) is 6.60. The third kappa shape index (κ3) is 17.1. The van der Waals surface area contributed by atoms with Gasteiger partial charge in [0.2, 0.25) is 11.8 Å². The zero-order valence-corrected chi connectivity index (χ0v) is 35.4. The molecule has 3 amide bonds. The lowest BCUT2D eigenvalue weighted by Gasteiger charge is -2.26. The number of hydrogen-bond acceptors (Lipinski definition) is 12. The van der Waals surface area contributed by atoms with Gasteiger partial charge in [0.1, 0.15) is 36.6 Å². The third-order valence-electron chi connectivity index (χ3n) is 10.1. The van der Waals surface area contributed by atoms with Crippen molar-refractivity contribution < 1.29 is 33.4 Å². The summed E-state index contributed by atoms with van der Waals surface area (Å²) in [5.74, 6) is -0.389. The highest BCUT2D eigenvalue weighted by Gasteiger charge is 2.26. The van der Waals surface area contributed by atoms with Crippen LogP contribution < -0.4 is 53.7 Å². The quantitative estimate of drug-likeness (QED) is 0.0129. The second-order valence-corrected chi connectivity index (χ2v) is 15.0. The highest BCUT2D eigenvalue weighted by atomic mass is 16.5. The summed E-state index contributed by atoms with van der Waals surface area (Å²) >= 11 is 0. The standard InChI is InChI=1S/C46H63N9O7/c47-23-7-4-12-37(54-46(59)61-31-32-10-2-1-3-11-32)30-53-40(13-5-8-24-48)44(57)55-41(14-6-9-25-49)43(56)52-26-27-60-38-20-17-33(18-21-38)45(58)62-39-22-19-34-28-36(42(50)51)16-15-35(34)29-39/h1-3,10-11,15-22,28-29,37,40-41,53H,4-9,12-14,23-27,30-31,47-49H2,(H3,50,51)(H,52,56)(H,54,59)(H,55,57)/t37-,40-,41-/m0/s1. The van der Waals surface area contributed by atoms with E-state index in [1.165, 1.54) is 0 Å². The van der Waals surface area contributed by atoms with Gasteiger partial charge < -0.3 is 58.4 Å². The van der Waals surface area contributed by atoms with E-state index in [9.17, 15) is 19.2 Å². The minimum atomic E-state index is -0.815. The Hall–Kier alpha value is -6.07. The van der Waals surface area contributed by atoms with Crippen molar-refractivity contribution in [1.82, 2.24) is 21.3 Å². The molecule has 62 heavy (non-hydrogen) atoms. The number of unbranched alkanes of at least 4 members (excludes halogenated alkanes) is 3. The van der Waals surface area contributed by atoms with E-state index < -0.39 is 24.1 Å². The van der Waals surface area contributed by atoms with Crippen molar-refractivity contribution in [1.29, 1.82) is 5.41 Å². The smallest absolute Gasteiger partial charge is 0.407 e. The van der Waals surface area contributed by atoms with Crippen LogP contribution in [0.2, 0.25) is 0 Å². The minimum Gasteiger partial charge on any atom is -0.492 e. The molecule has 334 valence electrons. The van der Waals surface area contributed by atoms with Crippen LogP contribution >= 0.6 is 0 Å². The first-order chi connectivity index (χ1) is 30.1. The fraction of sp³-hybridized carbons (Fsp3) is 0.413. The number of fused-ring (bicyclic) bond motifs is 1. The molecule has 16 heteroatoms. The van der Waals surface area contributed by atoms with Crippen LogP contribution in [0.1, 0.15) is 79.3 Å². The normalized spacial score (nSPS) is 12.4. The van der Waals surface area contributed by atoms with Gasteiger partial charge >= 0.3 is 12.1 Å². The molecule has 0 saturated carbocycles. The molecule has 0 aliphatic carbocycles. The van der Waals surface area contributed by atoms with Crippen LogP contribution in [0.3, 0.4) is 0 Å². The number of alkyl carbamates (subject to hydrolysis) is 1. The number of nitrogen functional groups attached to an aromatic ring is 1. The Labute approximate surface area is 363 Å². The first-order valence-corrected chi connectivity index (χ1v) is 21.3. The molecule has 4 rings (SSSR count). The molecule has 0 saturated heterocycles. The first-order valence-electron chi connectivity index (χ1n) is 21.3. The Kier molecular flexibility index (Phi) is 21.2. The van der Waals surface area contributed by atoms with E-state index in [1.807, 2.05) is 36.4 Å². The molecule has 0 aromatic heterocycles. The minimum absolute atomic E-state index is 0.0250. The molecule has 0 spiro atoms. The summed E-state index contributed by atoms with van der Waals surface area (Å²) in [4.78, 5) is 52.9. The van der Waals surface area contributed by atoms with Gasteiger partial charge in [-0.1, -0.05) is 61.4 Å². The second kappa shape index (κ2) is 27.0. The maximum Gasteiger partial charge on any atom is 0.407 e. The Balaban J connectivity index is 1.28. The number of nitrogens with two attached hydrogens (primary N) is 4. The fourth-order valence-electron chi connectivity index (χ4n) is 6.60. The summed E-state index contributed by atoms with van der Waals surface area (Å²) in [5.41, 5.74) is 24.6. The van der Waals surface area contributed by atoms with Crippen molar-refractivity contribution >= 4 is 40.5 Å².